The number of nitrogens with zero attached hydrogens (tertiary/aromatic N) is 1. The number of nitrogens with one attached hydrogen (secondary N) is 1. The van der Waals surface area contributed by atoms with Crippen LogP contribution in [0.4, 0.5) is 4.79 Å². The number of fused-ring (bicyclic) bond motifs is 1. The molecule has 120 valence electrons. The van der Waals surface area contributed by atoms with Gasteiger partial charge in [-0.1, -0.05) is 6.92 Å². The van der Waals surface area contributed by atoms with Gasteiger partial charge in [-0.3, -0.25) is 0 Å². The second-order valence-electron chi connectivity index (χ2n) is 7.70. The van der Waals surface area contributed by atoms with Crippen LogP contribution in [0.3, 0.4) is 0 Å². The Morgan fingerprint density at radius 2 is 2.14 bits per heavy atom. The van der Waals surface area contributed by atoms with E-state index in [0.717, 1.165) is 32.6 Å². The molecule has 0 aromatic heterocycles. The minimum absolute atomic E-state index is 0.158. The van der Waals surface area contributed by atoms with E-state index in [1.165, 1.54) is 0 Å². The fourth-order valence-electron chi connectivity index (χ4n) is 3.83. The van der Waals surface area contributed by atoms with E-state index in [-0.39, 0.29) is 6.09 Å². The molecule has 3 aliphatic heterocycles. The molecule has 4 fully saturated rings. The van der Waals surface area contributed by atoms with Crippen molar-refractivity contribution in [2.75, 3.05) is 19.8 Å². The van der Waals surface area contributed by atoms with Crippen molar-refractivity contribution in [3.05, 3.63) is 0 Å². The summed E-state index contributed by atoms with van der Waals surface area (Å²) in [5, 5.41) is 3.75. The fourth-order valence-corrected chi connectivity index (χ4v) is 3.83. The maximum atomic E-state index is 12.3. The number of carbonyl (C=O) groups is 1. The smallest absolute Gasteiger partial charge is 0.410 e. The lowest BCUT2D eigenvalue weighted by Crippen LogP contribution is -2.57. The van der Waals surface area contributed by atoms with Crippen molar-refractivity contribution in [3.8, 4) is 0 Å². The maximum absolute atomic E-state index is 12.3. The highest BCUT2D eigenvalue weighted by atomic mass is 16.6. The molecule has 1 saturated carbocycles. The summed E-state index contributed by atoms with van der Waals surface area (Å²) in [6.45, 7) is 10.5. The summed E-state index contributed by atoms with van der Waals surface area (Å²) < 4.78 is 11.1. The number of hydrogen-bond acceptors (Lipinski definition) is 4. The average molecular weight is 296 g/mol. The van der Waals surface area contributed by atoms with Gasteiger partial charge in [0.2, 0.25) is 0 Å². The first-order valence-electron chi connectivity index (χ1n) is 8.22. The first-order valence-corrected chi connectivity index (χ1v) is 8.22. The molecule has 21 heavy (non-hydrogen) atoms. The Hall–Kier alpha value is -0.810. The molecule has 1 amide bonds. The van der Waals surface area contributed by atoms with E-state index < -0.39 is 5.60 Å². The first-order chi connectivity index (χ1) is 9.89. The van der Waals surface area contributed by atoms with Gasteiger partial charge in [0.15, 0.2) is 0 Å². The molecule has 5 unspecified atom stereocenters. The normalized spacial score (nSPS) is 38.5. The summed E-state index contributed by atoms with van der Waals surface area (Å²) in [6, 6.07) is 1.19. The molecule has 1 aliphatic carbocycles. The molecule has 0 aromatic rings. The lowest BCUT2D eigenvalue weighted by Gasteiger charge is -2.39. The van der Waals surface area contributed by atoms with Crippen LogP contribution >= 0.6 is 0 Å². The third kappa shape index (κ3) is 2.90. The van der Waals surface area contributed by atoms with Gasteiger partial charge in [0.05, 0.1) is 19.3 Å². The zero-order valence-corrected chi connectivity index (χ0v) is 13.6. The number of carbonyl (C=O) groups excluding carboxylic acids is 1. The third-order valence-electron chi connectivity index (χ3n) is 5.06. The second-order valence-corrected chi connectivity index (χ2v) is 7.70. The zero-order valence-electron chi connectivity index (χ0n) is 13.6. The van der Waals surface area contributed by atoms with E-state index in [1.807, 2.05) is 25.7 Å². The first kappa shape index (κ1) is 15.1. The predicted octanol–water partition coefficient (Wildman–Crippen LogP) is 2.01. The van der Waals surface area contributed by atoms with Crippen LogP contribution in [0.2, 0.25) is 0 Å². The summed E-state index contributed by atoms with van der Waals surface area (Å²) in [7, 11) is 0. The van der Waals surface area contributed by atoms with Gasteiger partial charge < -0.3 is 19.7 Å². The van der Waals surface area contributed by atoms with Crippen LogP contribution in [0, 0.1) is 11.8 Å². The number of ether oxygens (including phenoxy) is 2. The fraction of sp³-hybridized carbons (Fsp3) is 0.938. The zero-order chi connectivity index (χ0) is 15.2. The van der Waals surface area contributed by atoms with Crippen molar-refractivity contribution in [3.63, 3.8) is 0 Å². The molecule has 4 aliphatic rings. The van der Waals surface area contributed by atoms with Gasteiger partial charge in [-0.15, -0.1) is 0 Å². The van der Waals surface area contributed by atoms with Gasteiger partial charge in [0.25, 0.3) is 0 Å². The van der Waals surface area contributed by atoms with Gasteiger partial charge in [0.1, 0.15) is 5.60 Å². The van der Waals surface area contributed by atoms with E-state index >= 15 is 0 Å². The highest BCUT2D eigenvalue weighted by molar-refractivity contribution is 5.70. The quantitative estimate of drug-likeness (QED) is 0.865. The van der Waals surface area contributed by atoms with Crippen molar-refractivity contribution in [1.82, 2.24) is 10.2 Å². The second kappa shape index (κ2) is 5.43. The molecule has 1 N–H and O–H groups in total. The molecular weight excluding hydrogens is 268 g/mol. The van der Waals surface area contributed by atoms with Crippen molar-refractivity contribution in [1.29, 1.82) is 0 Å². The Bertz CT molecular complexity index is 407. The number of amides is 1. The van der Waals surface area contributed by atoms with Crippen molar-refractivity contribution >= 4 is 6.09 Å². The molecule has 3 heterocycles. The molecule has 3 saturated heterocycles. The molecule has 0 spiro atoms. The number of hydrogen-bond donors (Lipinski definition) is 1. The Balaban J connectivity index is 1.56. The Morgan fingerprint density at radius 3 is 2.81 bits per heavy atom. The Labute approximate surface area is 127 Å². The van der Waals surface area contributed by atoms with Crippen LogP contribution < -0.4 is 5.32 Å². The molecular formula is C16H28N2O3. The van der Waals surface area contributed by atoms with Crippen LogP contribution in [0.1, 0.15) is 40.5 Å². The van der Waals surface area contributed by atoms with E-state index in [2.05, 4.69) is 12.2 Å². The minimum Gasteiger partial charge on any atom is -0.444 e. The predicted molar refractivity (Wildman–Crippen MR) is 80.1 cm³/mol. The van der Waals surface area contributed by atoms with Crippen LogP contribution in [0.15, 0.2) is 0 Å². The molecule has 5 atom stereocenters. The Kier molecular flexibility index (Phi) is 3.91. The minimum atomic E-state index is -0.417. The lowest BCUT2D eigenvalue weighted by atomic mass is 9.79. The third-order valence-corrected chi connectivity index (χ3v) is 5.06. The lowest BCUT2D eigenvalue weighted by molar-refractivity contribution is 0.0217. The highest BCUT2D eigenvalue weighted by Crippen LogP contribution is 2.42. The summed E-state index contributed by atoms with van der Waals surface area (Å²) in [5.74, 6) is 1.20. The van der Waals surface area contributed by atoms with E-state index in [4.69, 9.17) is 9.47 Å². The van der Waals surface area contributed by atoms with Crippen molar-refractivity contribution in [2.45, 2.75) is 64.3 Å². The van der Waals surface area contributed by atoms with E-state index in [0.29, 0.717) is 30.0 Å². The van der Waals surface area contributed by atoms with E-state index in [1.54, 1.807) is 0 Å². The number of rotatable bonds is 3. The SMILES string of the molecule is CCC1COCC1NC1C2CC1N(C(=O)OC(C)(C)C)C2. The summed E-state index contributed by atoms with van der Waals surface area (Å²) in [5.41, 5.74) is -0.417. The molecule has 5 heteroatoms. The highest BCUT2D eigenvalue weighted by Gasteiger charge is 2.55. The van der Waals surface area contributed by atoms with Crippen LogP contribution in [0.5, 0.6) is 0 Å². The molecule has 0 radical (unpaired) electrons. The van der Waals surface area contributed by atoms with Gasteiger partial charge >= 0.3 is 6.09 Å². The van der Waals surface area contributed by atoms with Crippen LogP contribution in [0.25, 0.3) is 0 Å². The molecule has 2 bridgehead atoms. The largest absolute Gasteiger partial charge is 0.444 e. The van der Waals surface area contributed by atoms with Gasteiger partial charge in [-0.25, -0.2) is 4.79 Å². The maximum Gasteiger partial charge on any atom is 0.410 e. The van der Waals surface area contributed by atoms with E-state index in [9.17, 15) is 4.79 Å². The van der Waals surface area contributed by atoms with Crippen LogP contribution in [-0.4, -0.2) is 54.5 Å². The van der Waals surface area contributed by atoms with Gasteiger partial charge in [-0.2, -0.15) is 0 Å². The summed E-state index contributed by atoms with van der Waals surface area (Å²) >= 11 is 0. The van der Waals surface area contributed by atoms with Crippen LogP contribution in [-0.2, 0) is 9.47 Å². The monoisotopic (exact) mass is 296 g/mol. The standard InChI is InChI=1S/C16H28N2O3/c1-5-10-8-20-9-12(10)17-14-11-6-13(14)18(7-11)15(19)21-16(2,3)4/h10-14,17H,5-9H2,1-4H3. The molecule has 5 nitrogen and oxygen atoms in total. The van der Waals surface area contributed by atoms with Gasteiger partial charge in [-0.05, 0) is 45.4 Å². The summed E-state index contributed by atoms with van der Waals surface area (Å²) in [6.07, 6.45) is 2.10. The topological polar surface area (TPSA) is 50.8 Å². The van der Waals surface area contributed by atoms with Crippen molar-refractivity contribution < 1.29 is 14.3 Å². The average Bonchev–Trinajstić information content (AvgIpc) is 3.07. The summed E-state index contributed by atoms with van der Waals surface area (Å²) in [4.78, 5) is 14.2. The molecule has 0 aromatic carbocycles. The van der Waals surface area contributed by atoms with Gasteiger partial charge in [0, 0.05) is 18.6 Å². The Morgan fingerprint density at radius 1 is 1.38 bits per heavy atom. The van der Waals surface area contributed by atoms with Crippen molar-refractivity contribution in [2.24, 2.45) is 11.8 Å². The molecule has 4 rings (SSSR count).